The van der Waals surface area contributed by atoms with Crippen LogP contribution >= 0.6 is 0 Å². The molecule has 0 spiro atoms. The molecule has 1 atom stereocenters. The van der Waals surface area contributed by atoms with Gasteiger partial charge in [0.05, 0.1) is 24.4 Å². The fourth-order valence-corrected chi connectivity index (χ4v) is 2.76. The van der Waals surface area contributed by atoms with Gasteiger partial charge in [-0.05, 0) is 38.1 Å². The molecule has 1 N–H and O–H groups in total. The Kier molecular flexibility index (Phi) is 4.51. The number of benzene rings is 2. The van der Waals surface area contributed by atoms with Crippen molar-refractivity contribution in [2.45, 2.75) is 26.3 Å². The van der Waals surface area contributed by atoms with E-state index < -0.39 is 6.04 Å². The Morgan fingerprint density at radius 3 is 2.54 bits per heavy atom. The van der Waals surface area contributed by atoms with Gasteiger partial charge in [-0.1, -0.05) is 29.8 Å². The second kappa shape index (κ2) is 6.74. The van der Waals surface area contributed by atoms with Gasteiger partial charge in [0.2, 0.25) is 5.91 Å². The summed E-state index contributed by atoms with van der Waals surface area (Å²) < 4.78 is 5.56. The maximum Gasteiger partial charge on any atom is 0.256 e. The Labute approximate surface area is 141 Å². The third-order valence-corrected chi connectivity index (χ3v) is 3.96. The topological polar surface area (TPSA) is 58.6 Å². The third kappa shape index (κ3) is 3.11. The predicted octanol–water partition coefficient (Wildman–Crippen LogP) is 3.14. The van der Waals surface area contributed by atoms with Gasteiger partial charge in [-0.3, -0.25) is 9.59 Å². The average Bonchev–Trinajstić information content (AvgIpc) is 2.85. The molecule has 1 heterocycles. The molecule has 2 aromatic carbocycles. The van der Waals surface area contributed by atoms with E-state index in [9.17, 15) is 9.59 Å². The molecule has 24 heavy (non-hydrogen) atoms. The van der Waals surface area contributed by atoms with E-state index in [1.807, 2.05) is 50.2 Å². The van der Waals surface area contributed by atoms with Crippen LogP contribution in [-0.2, 0) is 9.59 Å². The van der Waals surface area contributed by atoms with Crippen LogP contribution in [0.2, 0.25) is 0 Å². The lowest BCUT2D eigenvalue weighted by Gasteiger charge is -2.17. The van der Waals surface area contributed by atoms with Gasteiger partial charge in [-0.25, -0.2) is 4.90 Å². The molecule has 5 nitrogen and oxygen atoms in total. The van der Waals surface area contributed by atoms with E-state index in [1.165, 1.54) is 4.90 Å². The first kappa shape index (κ1) is 16.1. The Bertz CT molecular complexity index is 755. The van der Waals surface area contributed by atoms with Crippen LogP contribution in [0.5, 0.6) is 5.75 Å². The lowest BCUT2D eigenvalue weighted by atomic mass is 10.2. The number of nitrogens with zero attached hydrogens (tertiary/aromatic N) is 1. The number of carbonyl (C=O) groups excluding carboxylic acids is 2. The maximum atomic E-state index is 12.7. The SMILES string of the molecule is CCOc1ccccc1N[C@H]1CC(=O)N(c2ccc(C)cc2)C1=O. The van der Waals surface area contributed by atoms with Crippen molar-refractivity contribution in [1.29, 1.82) is 0 Å². The molecular formula is C19H20N2O3. The normalized spacial score (nSPS) is 17.2. The first-order valence-corrected chi connectivity index (χ1v) is 8.02. The van der Waals surface area contributed by atoms with Crippen LogP contribution in [0.3, 0.4) is 0 Å². The van der Waals surface area contributed by atoms with E-state index in [1.54, 1.807) is 12.1 Å². The van der Waals surface area contributed by atoms with Crippen molar-refractivity contribution in [2.75, 3.05) is 16.8 Å². The quantitative estimate of drug-likeness (QED) is 0.859. The van der Waals surface area contributed by atoms with Crippen LogP contribution in [-0.4, -0.2) is 24.5 Å². The first-order valence-electron chi connectivity index (χ1n) is 8.02. The minimum atomic E-state index is -0.583. The number of hydrogen-bond donors (Lipinski definition) is 1. The maximum absolute atomic E-state index is 12.7. The van der Waals surface area contributed by atoms with Gasteiger partial charge in [-0.2, -0.15) is 0 Å². The molecule has 1 fully saturated rings. The van der Waals surface area contributed by atoms with E-state index in [4.69, 9.17) is 4.74 Å². The lowest BCUT2D eigenvalue weighted by molar-refractivity contribution is -0.121. The number of aryl methyl sites for hydroxylation is 1. The summed E-state index contributed by atoms with van der Waals surface area (Å²) in [5.41, 5.74) is 2.41. The van der Waals surface area contributed by atoms with E-state index in [0.717, 1.165) is 11.3 Å². The summed E-state index contributed by atoms with van der Waals surface area (Å²) in [4.78, 5) is 26.2. The van der Waals surface area contributed by atoms with Crippen molar-refractivity contribution < 1.29 is 14.3 Å². The smallest absolute Gasteiger partial charge is 0.256 e. The van der Waals surface area contributed by atoms with E-state index in [-0.39, 0.29) is 18.2 Å². The molecule has 5 heteroatoms. The van der Waals surface area contributed by atoms with Gasteiger partial charge in [-0.15, -0.1) is 0 Å². The molecule has 0 bridgehead atoms. The summed E-state index contributed by atoms with van der Waals surface area (Å²) >= 11 is 0. The number of hydrogen-bond acceptors (Lipinski definition) is 4. The van der Waals surface area contributed by atoms with Crippen LogP contribution < -0.4 is 15.0 Å². The number of carbonyl (C=O) groups is 2. The second-order valence-corrected chi connectivity index (χ2v) is 5.73. The Hall–Kier alpha value is -2.82. The minimum Gasteiger partial charge on any atom is -0.492 e. The van der Waals surface area contributed by atoms with Gasteiger partial charge < -0.3 is 10.1 Å². The van der Waals surface area contributed by atoms with Crippen molar-refractivity contribution in [3.63, 3.8) is 0 Å². The van der Waals surface area contributed by atoms with Crippen LogP contribution in [0, 0.1) is 6.92 Å². The number of nitrogens with one attached hydrogen (secondary N) is 1. The van der Waals surface area contributed by atoms with E-state index in [0.29, 0.717) is 18.0 Å². The number of anilines is 2. The largest absolute Gasteiger partial charge is 0.492 e. The first-order chi connectivity index (χ1) is 11.6. The molecule has 1 aliphatic rings. The molecule has 124 valence electrons. The van der Waals surface area contributed by atoms with E-state index in [2.05, 4.69) is 5.32 Å². The number of imide groups is 1. The van der Waals surface area contributed by atoms with E-state index >= 15 is 0 Å². The Balaban J connectivity index is 1.81. The second-order valence-electron chi connectivity index (χ2n) is 5.73. The van der Waals surface area contributed by atoms with Crippen LogP contribution in [0.15, 0.2) is 48.5 Å². The fourth-order valence-electron chi connectivity index (χ4n) is 2.76. The van der Waals surface area contributed by atoms with Gasteiger partial charge in [0.25, 0.3) is 5.91 Å². The fraction of sp³-hybridized carbons (Fsp3) is 0.263. The highest BCUT2D eigenvalue weighted by Gasteiger charge is 2.39. The standard InChI is InChI=1S/C19H20N2O3/c1-3-24-17-7-5-4-6-15(17)20-16-12-18(22)21(19(16)23)14-10-8-13(2)9-11-14/h4-11,16,20H,3,12H2,1-2H3/t16-/m0/s1. The molecule has 2 amide bonds. The highest BCUT2D eigenvalue weighted by Crippen LogP contribution is 2.29. The van der Waals surface area contributed by atoms with Crippen molar-refractivity contribution in [2.24, 2.45) is 0 Å². The van der Waals surface area contributed by atoms with Gasteiger partial charge in [0.15, 0.2) is 0 Å². The molecule has 0 aliphatic carbocycles. The van der Waals surface area contributed by atoms with Crippen molar-refractivity contribution in [3.05, 3.63) is 54.1 Å². The summed E-state index contributed by atoms with van der Waals surface area (Å²) in [5.74, 6) is 0.236. The molecular weight excluding hydrogens is 304 g/mol. The third-order valence-electron chi connectivity index (χ3n) is 3.96. The minimum absolute atomic E-state index is 0.132. The van der Waals surface area contributed by atoms with Crippen LogP contribution in [0.4, 0.5) is 11.4 Å². The van der Waals surface area contributed by atoms with Gasteiger partial charge >= 0.3 is 0 Å². The monoisotopic (exact) mass is 324 g/mol. The Morgan fingerprint density at radius 1 is 1.12 bits per heavy atom. The lowest BCUT2D eigenvalue weighted by Crippen LogP contribution is -2.34. The number of ether oxygens (including phenoxy) is 1. The zero-order chi connectivity index (χ0) is 17.1. The molecule has 2 aromatic rings. The van der Waals surface area contributed by atoms with Crippen molar-refractivity contribution >= 4 is 23.2 Å². The predicted molar refractivity (Wildman–Crippen MR) is 93.3 cm³/mol. The molecule has 1 saturated heterocycles. The number of rotatable bonds is 5. The van der Waals surface area contributed by atoms with Gasteiger partial charge in [0, 0.05) is 0 Å². The molecule has 1 aliphatic heterocycles. The summed E-state index contributed by atoms with van der Waals surface area (Å²) in [5, 5.41) is 3.15. The molecule has 0 saturated carbocycles. The van der Waals surface area contributed by atoms with Gasteiger partial charge in [0.1, 0.15) is 11.8 Å². The van der Waals surface area contributed by atoms with Crippen molar-refractivity contribution in [1.82, 2.24) is 0 Å². The summed E-state index contributed by atoms with van der Waals surface area (Å²) in [7, 11) is 0. The number of amides is 2. The molecule has 0 aromatic heterocycles. The zero-order valence-electron chi connectivity index (χ0n) is 13.8. The zero-order valence-corrected chi connectivity index (χ0v) is 13.8. The summed E-state index contributed by atoms with van der Waals surface area (Å²) in [6, 6.07) is 14.2. The summed E-state index contributed by atoms with van der Waals surface area (Å²) in [6.45, 7) is 4.40. The number of para-hydroxylation sites is 2. The van der Waals surface area contributed by atoms with Crippen molar-refractivity contribution in [3.8, 4) is 5.75 Å². The van der Waals surface area contributed by atoms with Crippen LogP contribution in [0.1, 0.15) is 18.9 Å². The highest BCUT2D eigenvalue weighted by atomic mass is 16.5. The van der Waals surface area contributed by atoms with Crippen LogP contribution in [0.25, 0.3) is 0 Å². The highest BCUT2D eigenvalue weighted by molar-refractivity contribution is 6.23. The average molecular weight is 324 g/mol. The molecule has 0 radical (unpaired) electrons. The summed E-state index contributed by atoms with van der Waals surface area (Å²) in [6.07, 6.45) is 0.132. The molecule has 3 rings (SSSR count). The Morgan fingerprint density at radius 2 is 1.83 bits per heavy atom. The molecule has 0 unspecified atom stereocenters.